The lowest BCUT2D eigenvalue weighted by molar-refractivity contribution is 0.255. The highest BCUT2D eigenvalue weighted by Gasteiger charge is 2.09. The van der Waals surface area contributed by atoms with Crippen LogP contribution in [0.15, 0.2) is 18.2 Å². The van der Waals surface area contributed by atoms with E-state index in [1.807, 2.05) is 25.1 Å². The van der Waals surface area contributed by atoms with Crippen LogP contribution >= 0.6 is 0 Å². The van der Waals surface area contributed by atoms with E-state index in [0.29, 0.717) is 18.2 Å². The molecular formula is C15H26N2O2. The van der Waals surface area contributed by atoms with Crippen LogP contribution in [-0.4, -0.2) is 24.9 Å². The minimum absolute atomic E-state index is 0.237. The molecule has 4 heteroatoms. The van der Waals surface area contributed by atoms with Crippen molar-refractivity contribution in [3.63, 3.8) is 0 Å². The van der Waals surface area contributed by atoms with Crippen LogP contribution in [0.5, 0.6) is 5.75 Å². The van der Waals surface area contributed by atoms with Gasteiger partial charge < -0.3 is 20.9 Å². The van der Waals surface area contributed by atoms with Gasteiger partial charge in [0, 0.05) is 13.2 Å². The Labute approximate surface area is 116 Å². The molecule has 0 heterocycles. The van der Waals surface area contributed by atoms with E-state index < -0.39 is 0 Å². The number of anilines is 2. The van der Waals surface area contributed by atoms with Crippen LogP contribution in [0.3, 0.4) is 0 Å². The molecule has 0 aliphatic rings. The van der Waals surface area contributed by atoms with Crippen molar-refractivity contribution in [3.05, 3.63) is 18.2 Å². The fourth-order valence-corrected chi connectivity index (χ4v) is 2.17. The smallest absolute Gasteiger partial charge is 0.144 e. The Balaban J connectivity index is 2.63. The molecule has 1 aromatic rings. The molecule has 19 heavy (non-hydrogen) atoms. The van der Waals surface area contributed by atoms with Gasteiger partial charge in [0.15, 0.2) is 0 Å². The predicted molar refractivity (Wildman–Crippen MR) is 80.6 cm³/mol. The number of aliphatic hydroxyl groups is 1. The van der Waals surface area contributed by atoms with Crippen molar-refractivity contribution in [2.24, 2.45) is 5.92 Å². The second-order valence-corrected chi connectivity index (χ2v) is 4.70. The third-order valence-electron chi connectivity index (χ3n) is 3.18. The third-order valence-corrected chi connectivity index (χ3v) is 3.18. The molecule has 0 amide bonds. The maximum atomic E-state index is 9.06. The van der Waals surface area contributed by atoms with Crippen LogP contribution in [0, 0.1) is 5.92 Å². The van der Waals surface area contributed by atoms with E-state index in [1.54, 1.807) is 0 Å². The van der Waals surface area contributed by atoms with E-state index >= 15 is 0 Å². The summed E-state index contributed by atoms with van der Waals surface area (Å²) in [5.41, 5.74) is 7.63. The highest BCUT2D eigenvalue weighted by atomic mass is 16.5. The summed E-state index contributed by atoms with van der Waals surface area (Å²) in [4.78, 5) is 0. The summed E-state index contributed by atoms with van der Waals surface area (Å²) >= 11 is 0. The molecule has 0 fully saturated rings. The average Bonchev–Trinajstić information content (AvgIpc) is 2.40. The highest BCUT2D eigenvalue weighted by molar-refractivity contribution is 5.72. The first kappa shape index (κ1) is 15.6. The minimum atomic E-state index is 0.237. The Kier molecular flexibility index (Phi) is 7.11. The average molecular weight is 266 g/mol. The molecule has 4 nitrogen and oxygen atoms in total. The lowest BCUT2D eigenvalue weighted by Gasteiger charge is -2.18. The Morgan fingerprint density at radius 2 is 2.11 bits per heavy atom. The molecule has 1 aromatic carbocycles. The van der Waals surface area contributed by atoms with Gasteiger partial charge in [-0.25, -0.2) is 0 Å². The van der Waals surface area contributed by atoms with E-state index in [9.17, 15) is 0 Å². The summed E-state index contributed by atoms with van der Waals surface area (Å²) in [6.07, 6.45) is 3.06. The van der Waals surface area contributed by atoms with E-state index in [2.05, 4.69) is 12.2 Å². The molecule has 0 saturated carbocycles. The Morgan fingerprint density at radius 3 is 2.74 bits per heavy atom. The fraction of sp³-hybridized carbons (Fsp3) is 0.600. The first-order chi connectivity index (χ1) is 9.22. The van der Waals surface area contributed by atoms with Gasteiger partial charge in [-0.3, -0.25) is 0 Å². The van der Waals surface area contributed by atoms with Gasteiger partial charge in [0.25, 0.3) is 0 Å². The highest BCUT2D eigenvalue weighted by Crippen LogP contribution is 2.29. The zero-order valence-corrected chi connectivity index (χ0v) is 12.0. The predicted octanol–water partition coefficient (Wildman–Crippen LogP) is 2.88. The number of ether oxygens (including phenoxy) is 1. The molecule has 0 aliphatic carbocycles. The van der Waals surface area contributed by atoms with E-state index in [1.165, 1.54) is 0 Å². The van der Waals surface area contributed by atoms with Gasteiger partial charge in [0.05, 0.1) is 18.0 Å². The number of nitrogen functional groups attached to an aromatic ring is 1. The van der Waals surface area contributed by atoms with Crippen molar-refractivity contribution < 1.29 is 9.84 Å². The van der Waals surface area contributed by atoms with Gasteiger partial charge >= 0.3 is 0 Å². The van der Waals surface area contributed by atoms with Gasteiger partial charge in [-0.05, 0) is 37.8 Å². The summed E-state index contributed by atoms with van der Waals surface area (Å²) in [6.45, 7) is 5.78. The SMILES string of the molecule is CCCC(CCO)CNc1cccc(OCC)c1N. The van der Waals surface area contributed by atoms with E-state index in [-0.39, 0.29) is 6.61 Å². The van der Waals surface area contributed by atoms with Crippen molar-refractivity contribution in [1.82, 2.24) is 0 Å². The van der Waals surface area contributed by atoms with Crippen LogP contribution in [0.2, 0.25) is 0 Å². The zero-order chi connectivity index (χ0) is 14.1. The molecule has 1 atom stereocenters. The first-order valence-corrected chi connectivity index (χ1v) is 7.08. The van der Waals surface area contributed by atoms with Crippen molar-refractivity contribution in [1.29, 1.82) is 0 Å². The van der Waals surface area contributed by atoms with E-state index in [4.69, 9.17) is 15.6 Å². The molecule has 0 saturated heterocycles. The van der Waals surface area contributed by atoms with Gasteiger partial charge in [-0.2, -0.15) is 0 Å². The molecule has 4 N–H and O–H groups in total. The van der Waals surface area contributed by atoms with Crippen molar-refractivity contribution in [3.8, 4) is 5.75 Å². The first-order valence-electron chi connectivity index (χ1n) is 7.08. The lowest BCUT2D eigenvalue weighted by Crippen LogP contribution is -2.16. The standard InChI is InChI=1S/C15H26N2O2/c1-3-6-12(9-10-18)11-17-13-7-5-8-14(15(13)16)19-4-2/h5,7-8,12,17-18H,3-4,6,9-11,16H2,1-2H3. The maximum Gasteiger partial charge on any atom is 0.144 e. The summed E-state index contributed by atoms with van der Waals surface area (Å²) in [7, 11) is 0. The van der Waals surface area contributed by atoms with Gasteiger partial charge in [-0.1, -0.05) is 19.4 Å². The quantitative estimate of drug-likeness (QED) is 0.601. The summed E-state index contributed by atoms with van der Waals surface area (Å²) in [5.74, 6) is 1.20. The number of rotatable bonds is 9. The molecule has 108 valence electrons. The monoisotopic (exact) mass is 266 g/mol. The van der Waals surface area contributed by atoms with Crippen molar-refractivity contribution in [2.45, 2.75) is 33.1 Å². The number of para-hydroxylation sites is 1. The normalized spacial score (nSPS) is 12.2. The number of benzene rings is 1. The Morgan fingerprint density at radius 1 is 1.32 bits per heavy atom. The Bertz CT molecular complexity index is 363. The minimum Gasteiger partial charge on any atom is -0.492 e. The number of hydrogen-bond donors (Lipinski definition) is 3. The summed E-state index contributed by atoms with van der Waals surface area (Å²) in [5, 5.41) is 12.4. The number of nitrogens with one attached hydrogen (secondary N) is 1. The summed E-state index contributed by atoms with van der Waals surface area (Å²) in [6, 6.07) is 5.77. The zero-order valence-electron chi connectivity index (χ0n) is 12.0. The number of aliphatic hydroxyl groups excluding tert-OH is 1. The molecule has 0 aliphatic heterocycles. The van der Waals surface area contributed by atoms with Crippen LogP contribution in [0.1, 0.15) is 33.1 Å². The third kappa shape index (κ3) is 4.99. The van der Waals surface area contributed by atoms with Gasteiger partial charge in [0.2, 0.25) is 0 Å². The molecule has 0 spiro atoms. The maximum absolute atomic E-state index is 9.06. The molecule has 0 aromatic heterocycles. The van der Waals surface area contributed by atoms with Gasteiger partial charge in [0.1, 0.15) is 5.75 Å². The molecule has 1 unspecified atom stereocenters. The van der Waals surface area contributed by atoms with Crippen LogP contribution in [0.4, 0.5) is 11.4 Å². The van der Waals surface area contributed by atoms with Gasteiger partial charge in [-0.15, -0.1) is 0 Å². The lowest BCUT2D eigenvalue weighted by atomic mass is 10.00. The van der Waals surface area contributed by atoms with Crippen LogP contribution in [0.25, 0.3) is 0 Å². The molecule has 0 radical (unpaired) electrons. The van der Waals surface area contributed by atoms with Crippen molar-refractivity contribution >= 4 is 11.4 Å². The largest absolute Gasteiger partial charge is 0.492 e. The number of hydrogen-bond acceptors (Lipinski definition) is 4. The van der Waals surface area contributed by atoms with E-state index in [0.717, 1.165) is 37.2 Å². The van der Waals surface area contributed by atoms with Crippen molar-refractivity contribution in [2.75, 3.05) is 30.8 Å². The second kappa shape index (κ2) is 8.64. The topological polar surface area (TPSA) is 67.5 Å². The van der Waals surface area contributed by atoms with Crippen LogP contribution in [-0.2, 0) is 0 Å². The molecule has 0 bridgehead atoms. The summed E-state index contributed by atoms with van der Waals surface area (Å²) < 4.78 is 5.47. The fourth-order valence-electron chi connectivity index (χ4n) is 2.17. The Hall–Kier alpha value is -1.42. The molecular weight excluding hydrogens is 240 g/mol. The van der Waals surface area contributed by atoms with Crippen LogP contribution < -0.4 is 15.8 Å². The number of nitrogens with two attached hydrogens (primary N) is 1. The molecule has 1 rings (SSSR count). The second-order valence-electron chi connectivity index (χ2n) is 4.70.